The number of phenols is 1. The van der Waals surface area contributed by atoms with Crippen molar-refractivity contribution in [2.75, 3.05) is 33.0 Å². The van der Waals surface area contributed by atoms with Gasteiger partial charge in [0.25, 0.3) is 5.56 Å². The van der Waals surface area contributed by atoms with E-state index in [1.807, 2.05) is 82.3 Å². The summed E-state index contributed by atoms with van der Waals surface area (Å²) < 4.78 is 33.7. The van der Waals surface area contributed by atoms with E-state index in [2.05, 4.69) is 15.6 Å². The second kappa shape index (κ2) is 21.9. The molecule has 8 rings (SSSR count). The molecule has 14 nitrogen and oxygen atoms in total. The quantitative estimate of drug-likeness (QED) is 0.0611. The number of rotatable bonds is 18. The lowest BCUT2D eigenvalue weighted by Crippen LogP contribution is -2.58. The first kappa shape index (κ1) is 49.7. The molecular weight excluding hydrogens is 934 g/mol. The van der Waals surface area contributed by atoms with Gasteiger partial charge < -0.3 is 44.5 Å². The van der Waals surface area contributed by atoms with Crippen LogP contribution in [0.15, 0.2) is 120 Å². The number of thiazole rings is 1. The maximum Gasteiger partial charge on any atom is 0.251 e. The number of aromatic hydroxyl groups is 1. The third kappa shape index (κ3) is 12.0. The average Bonchev–Trinajstić information content (AvgIpc) is 4.06. The van der Waals surface area contributed by atoms with Crippen LogP contribution in [0.2, 0.25) is 0 Å². The molecule has 3 amide bonds. The summed E-state index contributed by atoms with van der Waals surface area (Å²) in [6.07, 6.45) is 0.882. The van der Waals surface area contributed by atoms with Crippen molar-refractivity contribution in [1.29, 1.82) is 0 Å². The SMILES string of the molecule is Cc1ncsc1-c1ccc(CNC(=O)[C@@H]2C[C@@H](O)CN2C(=O)[C@@H](NC(=O)COCCOCCn2ccc(-c3ccc(Oc4c(-c5ccc(F)cc5)sc5cc(O)ccc45)cc3)cc2=O)C(C)(C)C)cc1. The van der Waals surface area contributed by atoms with Gasteiger partial charge in [-0.15, -0.1) is 22.7 Å². The number of hydrogen-bond acceptors (Lipinski definition) is 12. The van der Waals surface area contributed by atoms with Crippen molar-refractivity contribution in [3.63, 3.8) is 0 Å². The zero-order valence-electron chi connectivity index (χ0n) is 39.1. The molecule has 70 heavy (non-hydrogen) atoms. The molecule has 0 radical (unpaired) electrons. The largest absolute Gasteiger partial charge is 0.508 e. The number of likely N-dealkylation sites (tertiary alicyclic amines) is 1. The van der Waals surface area contributed by atoms with E-state index < -0.39 is 35.4 Å². The normalized spacial score (nSPS) is 15.3. The van der Waals surface area contributed by atoms with Crippen LogP contribution in [0.25, 0.3) is 42.1 Å². The number of amides is 3. The Hall–Kier alpha value is -6.76. The second-order valence-corrected chi connectivity index (χ2v) is 20.0. The molecule has 1 fully saturated rings. The number of halogens is 1. The van der Waals surface area contributed by atoms with Crippen molar-refractivity contribution in [3.05, 3.63) is 142 Å². The van der Waals surface area contributed by atoms with Crippen LogP contribution >= 0.6 is 22.7 Å². The molecule has 4 N–H and O–H groups in total. The fourth-order valence-corrected chi connectivity index (χ4v) is 10.2. The first-order valence-electron chi connectivity index (χ1n) is 22.8. The molecule has 364 valence electrons. The summed E-state index contributed by atoms with van der Waals surface area (Å²) in [6, 6.07) is 27.9. The van der Waals surface area contributed by atoms with Crippen LogP contribution in [0.3, 0.4) is 0 Å². The lowest BCUT2D eigenvalue weighted by atomic mass is 9.85. The highest BCUT2D eigenvalue weighted by Gasteiger charge is 2.44. The highest BCUT2D eigenvalue weighted by Crippen LogP contribution is 2.47. The Labute approximate surface area is 412 Å². The molecule has 0 aliphatic carbocycles. The predicted octanol–water partition coefficient (Wildman–Crippen LogP) is 8.31. The highest BCUT2D eigenvalue weighted by atomic mass is 32.1. The number of fused-ring (bicyclic) bond motifs is 1. The monoisotopic (exact) mass is 987 g/mol. The molecule has 7 aromatic rings. The number of aliphatic hydroxyl groups is 1. The third-order valence-corrected chi connectivity index (χ3v) is 14.1. The molecule has 17 heteroatoms. The van der Waals surface area contributed by atoms with Crippen molar-refractivity contribution >= 4 is 50.5 Å². The zero-order chi connectivity index (χ0) is 49.5. The van der Waals surface area contributed by atoms with Gasteiger partial charge in [0.2, 0.25) is 17.7 Å². The van der Waals surface area contributed by atoms with Gasteiger partial charge in [0, 0.05) is 48.4 Å². The molecule has 0 spiro atoms. The number of β-amino-alcohol motifs (C(OH)–C–C–N with tert-alkyl or cyclic N) is 1. The number of aromatic nitrogens is 2. The summed E-state index contributed by atoms with van der Waals surface area (Å²) in [5.41, 5.74) is 6.05. The Morgan fingerprint density at radius 3 is 2.27 bits per heavy atom. The molecule has 0 unspecified atom stereocenters. The minimum atomic E-state index is -1.00. The van der Waals surface area contributed by atoms with Crippen LogP contribution in [-0.4, -0.2) is 93.5 Å². The molecule has 1 aliphatic rings. The molecule has 4 aromatic carbocycles. The third-order valence-electron chi connectivity index (χ3n) is 11.9. The van der Waals surface area contributed by atoms with Gasteiger partial charge in [0.05, 0.1) is 46.9 Å². The van der Waals surface area contributed by atoms with Crippen LogP contribution in [0, 0.1) is 18.2 Å². The maximum atomic E-state index is 14.0. The number of phenolic OH excluding ortho intramolecular Hbond substituents is 1. The molecule has 4 heterocycles. The van der Waals surface area contributed by atoms with Gasteiger partial charge in [0.15, 0.2) is 5.75 Å². The Morgan fingerprint density at radius 2 is 1.57 bits per heavy atom. The van der Waals surface area contributed by atoms with E-state index in [0.717, 1.165) is 53.4 Å². The van der Waals surface area contributed by atoms with Crippen LogP contribution in [-0.2, 0) is 36.9 Å². The van der Waals surface area contributed by atoms with Crippen molar-refractivity contribution in [1.82, 2.24) is 25.1 Å². The zero-order valence-corrected chi connectivity index (χ0v) is 40.8. The Morgan fingerprint density at radius 1 is 0.871 bits per heavy atom. The number of nitrogens with one attached hydrogen (secondary N) is 2. The van der Waals surface area contributed by atoms with Crippen LogP contribution in [0.4, 0.5) is 4.39 Å². The minimum absolute atomic E-state index is 0.0389. The number of pyridine rings is 1. The number of thiophene rings is 1. The number of carbonyl (C=O) groups is 3. The summed E-state index contributed by atoms with van der Waals surface area (Å²) in [6.45, 7) is 8.01. The number of ether oxygens (including phenoxy) is 3. The predicted molar refractivity (Wildman–Crippen MR) is 268 cm³/mol. The second-order valence-electron chi connectivity index (χ2n) is 18.1. The number of nitrogens with zero attached hydrogens (tertiary/aromatic N) is 3. The molecular formula is C53H54FN5O9S2. The van der Waals surface area contributed by atoms with E-state index >= 15 is 0 Å². The average molecular weight is 988 g/mol. The van der Waals surface area contributed by atoms with Crippen molar-refractivity contribution < 1.29 is 43.2 Å². The van der Waals surface area contributed by atoms with Gasteiger partial charge in [-0.1, -0.05) is 69.3 Å². The van der Waals surface area contributed by atoms with Gasteiger partial charge in [-0.3, -0.25) is 19.2 Å². The number of carbonyl (C=O) groups excluding carboxylic acids is 3. The molecule has 0 saturated carbocycles. The molecule has 3 aromatic heterocycles. The van der Waals surface area contributed by atoms with E-state index in [1.165, 1.54) is 32.9 Å². The van der Waals surface area contributed by atoms with E-state index in [9.17, 15) is 33.8 Å². The van der Waals surface area contributed by atoms with Gasteiger partial charge in [-0.2, -0.15) is 0 Å². The van der Waals surface area contributed by atoms with Gasteiger partial charge in [-0.25, -0.2) is 9.37 Å². The summed E-state index contributed by atoms with van der Waals surface area (Å²) in [5.74, 6) is -0.433. The Bertz CT molecular complexity index is 3020. The standard InChI is InChI=1S/C53H54FN5O9S2/c1-32-48(69-31-56-32)35-7-5-33(6-8-35)28-55-51(64)43-26-40(61)29-59(43)52(65)50(53(2,3)4)57-45(62)30-67-24-23-66-22-21-58-20-19-37(25-46(58)63)34-11-16-41(17-12-34)68-47-42-18-15-39(60)27-44(42)70-49(47)36-9-13-38(54)14-10-36/h5-20,25,27,31,40,43,50,60-61H,21-24,26,28-30H2,1-4H3,(H,55,64)(H,57,62)/t40-,43+,50-/m1/s1. The summed E-state index contributed by atoms with van der Waals surface area (Å²) in [5, 5.41) is 27.2. The lowest BCUT2D eigenvalue weighted by Gasteiger charge is -2.35. The van der Waals surface area contributed by atoms with E-state index in [4.69, 9.17) is 14.2 Å². The maximum absolute atomic E-state index is 14.0. The number of benzene rings is 4. The number of hydrogen-bond donors (Lipinski definition) is 4. The van der Waals surface area contributed by atoms with Crippen LogP contribution < -0.4 is 20.9 Å². The topological polar surface area (TPSA) is 182 Å². The number of aliphatic hydroxyl groups excluding tert-OH is 1. The van der Waals surface area contributed by atoms with Crippen LogP contribution in [0.1, 0.15) is 38.4 Å². The molecule has 1 saturated heterocycles. The van der Waals surface area contributed by atoms with E-state index in [1.54, 1.807) is 59.4 Å². The fourth-order valence-electron chi connectivity index (χ4n) is 8.19. The van der Waals surface area contributed by atoms with Crippen molar-refractivity contribution in [2.45, 2.75) is 65.4 Å². The smallest absolute Gasteiger partial charge is 0.251 e. The van der Waals surface area contributed by atoms with Crippen molar-refractivity contribution in [3.8, 4) is 49.3 Å². The molecule has 1 aliphatic heterocycles. The lowest BCUT2D eigenvalue weighted by molar-refractivity contribution is -0.144. The van der Waals surface area contributed by atoms with Gasteiger partial charge in [-0.05, 0) is 88.7 Å². The van der Waals surface area contributed by atoms with E-state index in [-0.39, 0.29) is 75.5 Å². The molecule has 3 atom stereocenters. The summed E-state index contributed by atoms with van der Waals surface area (Å²) >= 11 is 3.00. The van der Waals surface area contributed by atoms with Gasteiger partial charge >= 0.3 is 0 Å². The summed E-state index contributed by atoms with van der Waals surface area (Å²) in [7, 11) is 0. The number of aryl methyl sites for hydroxylation is 1. The first-order valence-corrected chi connectivity index (χ1v) is 24.5. The Kier molecular flexibility index (Phi) is 15.5. The first-order chi connectivity index (χ1) is 33.6. The molecule has 0 bridgehead atoms. The summed E-state index contributed by atoms with van der Waals surface area (Å²) in [4.78, 5) is 61.1. The van der Waals surface area contributed by atoms with E-state index in [0.29, 0.717) is 11.5 Å². The van der Waals surface area contributed by atoms with Gasteiger partial charge in [0.1, 0.15) is 36.0 Å². The van der Waals surface area contributed by atoms with Crippen molar-refractivity contribution in [2.24, 2.45) is 5.41 Å². The minimum Gasteiger partial charge on any atom is -0.508 e. The Balaban J connectivity index is 0.773. The fraction of sp³-hybridized carbons (Fsp3) is 0.302. The van der Waals surface area contributed by atoms with Crippen LogP contribution in [0.5, 0.6) is 17.2 Å². The highest BCUT2D eigenvalue weighted by molar-refractivity contribution is 7.22.